The summed E-state index contributed by atoms with van der Waals surface area (Å²) in [4.78, 5) is 29.7. The van der Waals surface area contributed by atoms with Crippen LogP contribution in [-0.4, -0.2) is 62.8 Å². The number of carbonyl (C=O) groups is 2. The quantitative estimate of drug-likeness (QED) is 0.684. The fraction of sp³-hybridized carbons (Fsp3) is 0.545. The van der Waals surface area contributed by atoms with E-state index in [9.17, 15) is 9.59 Å². The number of carbonyl (C=O) groups excluding carboxylic acids is 2. The first-order valence-corrected chi connectivity index (χ1v) is 11.7. The molecule has 0 radical (unpaired) electrons. The van der Waals surface area contributed by atoms with Crippen molar-refractivity contribution in [3.8, 4) is 5.69 Å². The van der Waals surface area contributed by atoms with Crippen LogP contribution >= 0.6 is 15.9 Å². The lowest BCUT2D eigenvalue weighted by Crippen LogP contribution is -2.52. The Bertz CT molecular complexity index is 939. The van der Waals surface area contributed by atoms with Crippen molar-refractivity contribution >= 4 is 27.7 Å². The van der Waals surface area contributed by atoms with Crippen LogP contribution in [-0.2, 0) is 4.79 Å². The van der Waals surface area contributed by atoms with E-state index in [0.717, 1.165) is 54.4 Å². The number of halogens is 1. The van der Waals surface area contributed by atoms with E-state index in [2.05, 4.69) is 26.2 Å². The molecule has 3 fully saturated rings. The van der Waals surface area contributed by atoms with Gasteiger partial charge < -0.3 is 9.80 Å². The molecule has 0 atom stereocenters. The minimum absolute atomic E-state index is 0.0618. The smallest absolute Gasteiger partial charge is 0.276 e. The Kier molecular flexibility index (Phi) is 5.35. The monoisotopic (exact) mass is 471 g/mol. The third kappa shape index (κ3) is 3.77. The lowest BCUT2D eigenvalue weighted by Gasteiger charge is -2.35. The lowest BCUT2D eigenvalue weighted by molar-refractivity contribution is -0.136. The molecule has 5 rings (SSSR count). The highest BCUT2D eigenvalue weighted by atomic mass is 79.9. The molecule has 2 saturated carbocycles. The maximum absolute atomic E-state index is 13.3. The minimum atomic E-state index is -0.0618. The zero-order chi connectivity index (χ0) is 20.7. The molecule has 0 bridgehead atoms. The van der Waals surface area contributed by atoms with Gasteiger partial charge in [0, 0.05) is 42.5 Å². The Morgan fingerprint density at radius 1 is 0.900 bits per heavy atom. The summed E-state index contributed by atoms with van der Waals surface area (Å²) in [6.07, 6.45) is 6.48. The van der Waals surface area contributed by atoms with E-state index in [1.807, 2.05) is 38.7 Å². The van der Waals surface area contributed by atoms with E-state index in [4.69, 9.17) is 0 Å². The molecule has 1 aliphatic heterocycles. The molecule has 2 aliphatic carbocycles. The number of hydrogen-bond donors (Lipinski definition) is 0. The van der Waals surface area contributed by atoms with Crippen molar-refractivity contribution in [3.63, 3.8) is 0 Å². The molecule has 1 aromatic carbocycles. The maximum Gasteiger partial charge on any atom is 0.276 e. The van der Waals surface area contributed by atoms with Crippen LogP contribution in [0.15, 0.2) is 28.7 Å². The largest absolute Gasteiger partial charge is 0.339 e. The van der Waals surface area contributed by atoms with Crippen LogP contribution in [0.1, 0.15) is 60.6 Å². The molecule has 2 heterocycles. The van der Waals surface area contributed by atoms with Crippen molar-refractivity contribution in [1.82, 2.24) is 24.8 Å². The topological polar surface area (TPSA) is 71.3 Å². The average Bonchev–Trinajstić information content (AvgIpc) is 3.28. The summed E-state index contributed by atoms with van der Waals surface area (Å²) in [6, 6.07) is 7.89. The van der Waals surface area contributed by atoms with Crippen molar-refractivity contribution in [2.45, 2.75) is 44.4 Å². The van der Waals surface area contributed by atoms with E-state index < -0.39 is 0 Å². The highest BCUT2D eigenvalue weighted by molar-refractivity contribution is 9.10. The van der Waals surface area contributed by atoms with Gasteiger partial charge in [0.2, 0.25) is 5.91 Å². The van der Waals surface area contributed by atoms with Crippen LogP contribution in [0.4, 0.5) is 0 Å². The van der Waals surface area contributed by atoms with Gasteiger partial charge in [0.25, 0.3) is 5.91 Å². The van der Waals surface area contributed by atoms with Crippen LogP contribution in [0.25, 0.3) is 5.69 Å². The third-order valence-corrected chi connectivity index (χ3v) is 7.05. The Hall–Kier alpha value is -2.22. The molecule has 1 aromatic heterocycles. The lowest BCUT2D eigenvalue weighted by atomic mass is 10.1. The first-order chi connectivity index (χ1) is 14.6. The number of benzene rings is 1. The van der Waals surface area contributed by atoms with Gasteiger partial charge in [-0.2, -0.15) is 0 Å². The Labute approximate surface area is 184 Å². The molecule has 2 amide bonds. The second-order valence-corrected chi connectivity index (χ2v) is 9.50. The van der Waals surface area contributed by atoms with Gasteiger partial charge in [0.15, 0.2) is 5.69 Å². The molecule has 8 heteroatoms. The van der Waals surface area contributed by atoms with E-state index in [1.165, 1.54) is 0 Å². The molecular weight excluding hydrogens is 446 g/mol. The number of amides is 2. The van der Waals surface area contributed by atoms with Crippen molar-refractivity contribution < 1.29 is 9.59 Å². The van der Waals surface area contributed by atoms with E-state index in [-0.39, 0.29) is 17.7 Å². The molecule has 30 heavy (non-hydrogen) atoms. The first kappa shape index (κ1) is 19.7. The van der Waals surface area contributed by atoms with Gasteiger partial charge in [-0.1, -0.05) is 34.0 Å². The number of piperazine rings is 1. The normalized spacial score (nSPS) is 20.0. The number of nitrogens with zero attached hydrogens (tertiary/aromatic N) is 5. The highest BCUT2D eigenvalue weighted by Gasteiger charge is 2.37. The summed E-state index contributed by atoms with van der Waals surface area (Å²) in [5.74, 6) is 0.750. The summed E-state index contributed by atoms with van der Waals surface area (Å²) in [7, 11) is 0. The summed E-state index contributed by atoms with van der Waals surface area (Å²) in [5, 5.41) is 8.63. The fourth-order valence-electron chi connectivity index (χ4n) is 4.65. The standard InChI is InChI=1S/C22H26BrN5O2/c23-17-7-9-18(10-8-17)28-20(15-5-6-15)19(24-25-28)22(30)27-13-11-26(12-14-27)21(29)16-3-1-2-4-16/h7-10,15-16H,1-6,11-14H2. The maximum atomic E-state index is 13.3. The van der Waals surface area contributed by atoms with Crippen LogP contribution in [0.2, 0.25) is 0 Å². The van der Waals surface area contributed by atoms with Crippen LogP contribution in [0.3, 0.4) is 0 Å². The zero-order valence-corrected chi connectivity index (χ0v) is 18.6. The van der Waals surface area contributed by atoms with Gasteiger partial charge in [-0.25, -0.2) is 4.68 Å². The number of rotatable bonds is 4. The molecule has 0 spiro atoms. The summed E-state index contributed by atoms with van der Waals surface area (Å²) in [5.41, 5.74) is 2.31. The Morgan fingerprint density at radius 2 is 1.53 bits per heavy atom. The predicted molar refractivity (Wildman–Crippen MR) is 115 cm³/mol. The van der Waals surface area contributed by atoms with Gasteiger partial charge in [0.05, 0.1) is 11.4 Å². The SMILES string of the molecule is O=C(c1nnn(-c2ccc(Br)cc2)c1C1CC1)N1CCN(C(=O)C2CCCC2)CC1. The van der Waals surface area contributed by atoms with Crippen molar-refractivity contribution in [2.24, 2.45) is 5.92 Å². The van der Waals surface area contributed by atoms with E-state index in [1.54, 1.807) is 0 Å². The molecular formula is C22H26BrN5O2. The van der Waals surface area contributed by atoms with Gasteiger partial charge in [-0.3, -0.25) is 9.59 Å². The Morgan fingerprint density at radius 3 is 2.17 bits per heavy atom. The van der Waals surface area contributed by atoms with Crippen molar-refractivity contribution in [1.29, 1.82) is 0 Å². The first-order valence-electron chi connectivity index (χ1n) is 10.9. The molecule has 7 nitrogen and oxygen atoms in total. The number of aromatic nitrogens is 3. The van der Waals surface area contributed by atoms with Crippen molar-refractivity contribution in [2.75, 3.05) is 26.2 Å². The van der Waals surface area contributed by atoms with Crippen LogP contribution in [0.5, 0.6) is 0 Å². The fourth-order valence-corrected chi connectivity index (χ4v) is 4.91. The number of hydrogen-bond acceptors (Lipinski definition) is 4. The Balaban J connectivity index is 1.31. The summed E-state index contributed by atoms with van der Waals surface area (Å²) in [6.45, 7) is 2.35. The zero-order valence-electron chi connectivity index (χ0n) is 17.0. The van der Waals surface area contributed by atoms with Crippen LogP contribution in [0, 0.1) is 5.92 Å². The van der Waals surface area contributed by atoms with Gasteiger partial charge >= 0.3 is 0 Å². The minimum Gasteiger partial charge on any atom is -0.339 e. The summed E-state index contributed by atoms with van der Waals surface area (Å²) >= 11 is 3.46. The second kappa shape index (κ2) is 8.13. The molecule has 0 unspecified atom stereocenters. The van der Waals surface area contributed by atoms with E-state index >= 15 is 0 Å². The highest BCUT2D eigenvalue weighted by Crippen LogP contribution is 2.42. The molecule has 3 aliphatic rings. The van der Waals surface area contributed by atoms with Gasteiger partial charge in [-0.05, 0) is 49.9 Å². The van der Waals surface area contributed by atoms with Crippen LogP contribution < -0.4 is 0 Å². The average molecular weight is 472 g/mol. The summed E-state index contributed by atoms with van der Waals surface area (Å²) < 4.78 is 2.82. The van der Waals surface area contributed by atoms with Crippen molar-refractivity contribution in [3.05, 3.63) is 40.1 Å². The molecule has 158 valence electrons. The van der Waals surface area contributed by atoms with Gasteiger partial charge in [-0.15, -0.1) is 5.10 Å². The second-order valence-electron chi connectivity index (χ2n) is 8.58. The molecule has 2 aromatic rings. The third-order valence-electron chi connectivity index (χ3n) is 6.53. The predicted octanol–water partition coefficient (Wildman–Crippen LogP) is 3.38. The molecule has 1 saturated heterocycles. The van der Waals surface area contributed by atoms with Gasteiger partial charge in [0.1, 0.15) is 0 Å². The van der Waals surface area contributed by atoms with E-state index in [0.29, 0.717) is 37.8 Å². The molecule has 0 N–H and O–H groups in total.